The quantitative estimate of drug-likeness (QED) is 0.723. The molecule has 0 spiro atoms. The number of hydrogen-bond acceptors (Lipinski definition) is 5. The molecule has 144 valence electrons. The molecule has 1 atom stereocenters. The molecule has 2 aromatic carbocycles. The van der Waals surface area contributed by atoms with Crippen LogP contribution in [0.15, 0.2) is 59.1 Å². The molecule has 1 saturated heterocycles. The van der Waals surface area contributed by atoms with Crippen LogP contribution in [0, 0.1) is 5.82 Å². The van der Waals surface area contributed by atoms with Crippen LogP contribution in [-0.4, -0.2) is 34.0 Å². The maximum atomic E-state index is 13.1. The summed E-state index contributed by atoms with van der Waals surface area (Å²) in [7, 11) is 0. The third-order valence-corrected chi connectivity index (χ3v) is 4.85. The molecule has 6 nitrogen and oxygen atoms in total. The van der Waals surface area contributed by atoms with Crippen LogP contribution in [0.3, 0.4) is 0 Å². The first-order valence-electron chi connectivity index (χ1n) is 9.37. The molecule has 1 amide bonds. The van der Waals surface area contributed by atoms with Gasteiger partial charge in [-0.25, -0.2) is 4.39 Å². The second kappa shape index (κ2) is 8.31. The lowest BCUT2D eigenvalue weighted by Gasteiger charge is -2.32. The number of anilines is 1. The molecule has 3 aromatic rings. The number of amides is 1. The van der Waals surface area contributed by atoms with E-state index in [1.807, 2.05) is 30.3 Å². The number of para-hydroxylation sites is 1. The highest BCUT2D eigenvalue weighted by Crippen LogP contribution is 2.31. The lowest BCUT2D eigenvalue weighted by Crippen LogP contribution is -2.39. The molecule has 4 rings (SSSR count). The monoisotopic (exact) mass is 380 g/mol. The number of nitrogens with zero attached hydrogens (tertiary/aromatic N) is 3. The molecule has 2 heterocycles. The van der Waals surface area contributed by atoms with Crippen molar-refractivity contribution in [1.82, 2.24) is 15.0 Å². The van der Waals surface area contributed by atoms with E-state index < -0.39 is 0 Å². The van der Waals surface area contributed by atoms with Crippen molar-refractivity contribution >= 4 is 11.6 Å². The number of aromatic nitrogens is 2. The Morgan fingerprint density at radius 2 is 1.93 bits per heavy atom. The van der Waals surface area contributed by atoms with E-state index in [0.29, 0.717) is 17.3 Å². The maximum absolute atomic E-state index is 13.1. The van der Waals surface area contributed by atoms with Crippen molar-refractivity contribution in [2.24, 2.45) is 0 Å². The standard InChI is InChI=1S/C21H21FN4O2/c22-16-11-9-15(10-12-16)20-24-21(28-25-20)18-8-4-5-13-26(18)14-19(27)23-17-6-2-1-3-7-17/h1-3,6-7,9-12,18H,4-5,8,13-14H2,(H,23,27)/t18-/m0/s1. The molecule has 1 aliphatic heterocycles. The summed E-state index contributed by atoms with van der Waals surface area (Å²) < 4.78 is 18.6. The molecule has 0 radical (unpaired) electrons. The molecule has 1 aromatic heterocycles. The van der Waals surface area contributed by atoms with Crippen LogP contribution in [0.5, 0.6) is 0 Å². The van der Waals surface area contributed by atoms with Gasteiger partial charge in [0, 0.05) is 11.3 Å². The Kier molecular flexibility index (Phi) is 5.43. The number of piperidine rings is 1. The zero-order chi connectivity index (χ0) is 19.3. The number of hydrogen-bond donors (Lipinski definition) is 1. The van der Waals surface area contributed by atoms with Crippen LogP contribution in [0.4, 0.5) is 10.1 Å². The SMILES string of the molecule is O=C(CN1CCCC[C@H]1c1nc(-c2ccc(F)cc2)no1)Nc1ccccc1. The lowest BCUT2D eigenvalue weighted by atomic mass is 10.0. The Morgan fingerprint density at radius 1 is 1.14 bits per heavy atom. The Morgan fingerprint density at radius 3 is 2.71 bits per heavy atom. The molecule has 0 unspecified atom stereocenters. The van der Waals surface area contributed by atoms with Crippen molar-refractivity contribution < 1.29 is 13.7 Å². The number of likely N-dealkylation sites (tertiary alicyclic amines) is 1. The van der Waals surface area contributed by atoms with Crippen LogP contribution in [0.2, 0.25) is 0 Å². The van der Waals surface area contributed by atoms with Gasteiger partial charge in [0.05, 0.1) is 12.6 Å². The third-order valence-electron chi connectivity index (χ3n) is 4.85. The molecular weight excluding hydrogens is 359 g/mol. The van der Waals surface area contributed by atoms with E-state index >= 15 is 0 Å². The van der Waals surface area contributed by atoms with E-state index in [2.05, 4.69) is 20.4 Å². The number of benzene rings is 2. The van der Waals surface area contributed by atoms with Gasteiger partial charge in [-0.15, -0.1) is 0 Å². The Bertz CT molecular complexity index is 927. The summed E-state index contributed by atoms with van der Waals surface area (Å²) in [6, 6.07) is 15.3. The molecule has 0 saturated carbocycles. The number of nitrogens with one attached hydrogen (secondary N) is 1. The molecule has 0 aliphatic carbocycles. The summed E-state index contributed by atoms with van der Waals surface area (Å²) in [6.45, 7) is 1.05. The molecule has 7 heteroatoms. The fraction of sp³-hybridized carbons (Fsp3) is 0.286. The van der Waals surface area contributed by atoms with E-state index in [9.17, 15) is 9.18 Å². The number of rotatable bonds is 5. The Labute approximate surface area is 162 Å². The zero-order valence-corrected chi connectivity index (χ0v) is 15.3. The van der Waals surface area contributed by atoms with Crippen molar-refractivity contribution in [3.63, 3.8) is 0 Å². The van der Waals surface area contributed by atoms with E-state index in [0.717, 1.165) is 31.5 Å². The lowest BCUT2D eigenvalue weighted by molar-refractivity contribution is -0.118. The van der Waals surface area contributed by atoms with Gasteiger partial charge in [-0.05, 0) is 55.8 Å². The fourth-order valence-corrected chi connectivity index (χ4v) is 3.45. The summed E-state index contributed by atoms with van der Waals surface area (Å²) in [4.78, 5) is 19.0. The largest absolute Gasteiger partial charge is 0.337 e. The average Bonchev–Trinajstić information content (AvgIpc) is 3.19. The molecule has 28 heavy (non-hydrogen) atoms. The van der Waals surface area contributed by atoms with Gasteiger partial charge in [-0.1, -0.05) is 29.8 Å². The minimum absolute atomic E-state index is 0.0728. The van der Waals surface area contributed by atoms with Crippen molar-refractivity contribution in [3.8, 4) is 11.4 Å². The fourth-order valence-electron chi connectivity index (χ4n) is 3.45. The van der Waals surface area contributed by atoms with Crippen LogP contribution >= 0.6 is 0 Å². The molecule has 1 N–H and O–H groups in total. The summed E-state index contributed by atoms with van der Waals surface area (Å²) in [5.74, 6) is 0.535. The van der Waals surface area contributed by atoms with Crippen LogP contribution in [-0.2, 0) is 4.79 Å². The third kappa shape index (κ3) is 4.26. The van der Waals surface area contributed by atoms with Crippen molar-refractivity contribution in [3.05, 3.63) is 66.3 Å². The predicted octanol–water partition coefficient (Wildman–Crippen LogP) is 4.04. The van der Waals surface area contributed by atoms with Crippen molar-refractivity contribution in [2.75, 3.05) is 18.4 Å². The maximum Gasteiger partial charge on any atom is 0.244 e. The van der Waals surface area contributed by atoms with Gasteiger partial charge in [0.2, 0.25) is 17.6 Å². The average molecular weight is 380 g/mol. The first-order chi connectivity index (χ1) is 13.7. The van der Waals surface area contributed by atoms with Gasteiger partial charge in [-0.3, -0.25) is 9.69 Å². The minimum atomic E-state index is -0.310. The molecule has 1 fully saturated rings. The predicted molar refractivity (Wildman–Crippen MR) is 103 cm³/mol. The smallest absolute Gasteiger partial charge is 0.244 e. The van der Waals surface area contributed by atoms with Gasteiger partial charge in [0.15, 0.2) is 0 Å². The van der Waals surface area contributed by atoms with Gasteiger partial charge >= 0.3 is 0 Å². The Hall–Kier alpha value is -3.06. The highest BCUT2D eigenvalue weighted by molar-refractivity contribution is 5.92. The number of carbonyl (C=O) groups is 1. The second-order valence-corrected chi connectivity index (χ2v) is 6.86. The van der Waals surface area contributed by atoms with E-state index in [4.69, 9.17) is 4.52 Å². The second-order valence-electron chi connectivity index (χ2n) is 6.86. The number of halogens is 1. The molecule has 0 bridgehead atoms. The van der Waals surface area contributed by atoms with E-state index in [1.54, 1.807) is 12.1 Å². The normalized spacial score (nSPS) is 17.4. The molecule has 1 aliphatic rings. The van der Waals surface area contributed by atoms with Crippen LogP contribution < -0.4 is 5.32 Å². The molecular formula is C21H21FN4O2. The van der Waals surface area contributed by atoms with Gasteiger partial charge in [0.1, 0.15) is 5.82 Å². The summed E-state index contributed by atoms with van der Waals surface area (Å²) in [5.41, 5.74) is 1.47. The van der Waals surface area contributed by atoms with Crippen LogP contribution in [0.25, 0.3) is 11.4 Å². The Balaban J connectivity index is 1.46. The minimum Gasteiger partial charge on any atom is -0.337 e. The highest BCUT2D eigenvalue weighted by Gasteiger charge is 2.30. The first kappa shape index (κ1) is 18.3. The van der Waals surface area contributed by atoms with Gasteiger partial charge < -0.3 is 9.84 Å². The summed E-state index contributed by atoms with van der Waals surface area (Å²) in [6.07, 6.45) is 2.91. The van der Waals surface area contributed by atoms with E-state index in [1.165, 1.54) is 12.1 Å². The van der Waals surface area contributed by atoms with Crippen molar-refractivity contribution in [2.45, 2.75) is 25.3 Å². The van der Waals surface area contributed by atoms with Crippen molar-refractivity contribution in [1.29, 1.82) is 0 Å². The topological polar surface area (TPSA) is 71.3 Å². The van der Waals surface area contributed by atoms with Gasteiger partial charge in [-0.2, -0.15) is 4.98 Å². The zero-order valence-electron chi connectivity index (χ0n) is 15.3. The van der Waals surface area contributed by atoms with Crippen LogP contribution in [0.1, 0.15) is 31.2 Å². The summed E-state index contributed by atoms with van der Waals surface area (Å²) >= 11 is 0. The van der Waals surface area contributed by atoms with E-state index in [-0.39, 0.29) is 24.3 Å². The highest BCUT2D eigenvalue weighted by atomic mass is 19.1. The first-order valence-corrected chi connectivity index (χ1v) is 9.37. The summed E-state index contributed by atoms with van der Waals surface area (Å²) in [5, 5.41) is 6.95. The number of carbonyl (C=O) groups excluding carboxylic acids is 1. The van der Waals surface area contributed by atoms with Gasteiger partial charge in [0.25, 0.3) is 0 Å².